The molecular formula is C24H23F3N4O3S. The van der Waals surface area contributed by atoms with Crippen LogP contribution in [0.1, 0.15) is 34.5 Å². The Kier molecular flexibility index (Phi) is 5.62. The number of sulfone groups is 1. The molecule has 0 spiro atoms. The Labute approximate surface area is 200 Å². The van der Waals surface area contributed by atoms with E-state index in [1.807, 2.05) is 0 Å². The second-order valence-electron chi connectivity index (χ2n) is 8.95. The second kappa shape index (κ2) is 8.40. The van der Waals surface area contributed by atoms with E-state index in [-0.39, 0.29) is 49.5 Å². The molecular weight excluding hydrogens is 481 g/mol. The van der Waals surface area contributed by atoms with E-state index in [9.17, 15) is 26.4 Å². The molecule has 0 radical (unpaired) electrons. The zero-order valence-corrected chi connectivity index (χ0v) is 19.7. The second-order valence-corrected chi connectivity index (χ2v) is 11.0. The molecule has 0 atom stereocenters. The summed E-state index contributed by atoms with van der Waals surface area (Å²) in [5.74, 6) is -3.59. The molecule has 1 aromatic heterocycles. The fourth-order valence-corrected chi connectivity index (χ4v) is 5.14. The Hall–Kier alpha value is -3.34. The van der Waals surface area contributed by atoms with Crippen LogP contribution in [0.3, 0.4) is 0 Å². The first kappa shape index (κ1) is 23.4. The van der Waals surface area contributed by atoms with Crippen molar-refractivity contribution in [2.45, 2.75) is 36.7 Å². The Balaban J connectivity index is 1.43. The molecule has 3 aromatic rings. The lowest BCUT2D eigenvalue weighted by Gasteiger charge is -2.35. The number of hydrogen-bond donors (Lipinski definition) is 0. The van der Waals surface area contributed by atoms with Crippen molar-refractivity contribution in [3.05, 3.63) is 71.3 Å². The van der Waals surface area contributed by atoms with Crippen molar-refractivity contribution < 1.29 is 26.4 Å². The molecule has 7 nitrogen and oxygen atoms in total. The van der Waals surface area contributed by atoms with Crippen LogP contribution in [0.25, 0.3) is 5.69 Å². The van der Waals surface area contributed by atoms with Crippen molar-refractivity contribution in [3.8, 4) is 5.69 Å². The molecule has 1 amide bonds. The quantitative estimate of drug-likeness (QED) is 0.540. The van der Waals surface area contributed by atoms with Crippen LogP contribution in [0.2, 0.25) is 0 Å². The molecule has 35 heavy (non-hydrogen) atoms. The van der Waals surface area contributed by atoms with Gasteiger partial charge < -0.3 is 9.80 Å². The third-order valence-electron chi connectivity index (χ3n) is 6.43. The molecule has 2 aromatic carbocycles. The number of anilines is 1. The zero-order chi connectivity index (χ0) is 25.0. The van der Waals surface area contributed by atoms with Gasteiger partial charge in [0.2, 0.25) is 0 Å². The number of alkyl halides is 2. The predicted octanol–water partition coefficient (Wildman–Crippen LogP) is 3.81. The van der Waals surface area contributed by atoms with Gasteiger partial charge in [0.25, 0.3) is 11.8 Å². The summed E-state index contributed by atoms with van der Waals surface area (Å²) in [6, 6.07) is 10.5. The summed E-state index contributed by atoms with van der Waals surface area (Å²) in [7, 11) is -3.59. The van der Waals surface area contributed by atoms with Crippen molar-refractivity contribution in [2.75, 3.05) is 24.2 Å². The van der Waals surface area contributed by atoms with Crippen LogP contribution in [0.15, 0.2) is 53.6 Å². The fourth-order valence-electron chi connectivity index (χ4n) is 4.50. The summed E-state index contributed by atoms with van der Waals surface area (Å²) in [5, 5.41) is 4.43. The molecule has 3 heterocycles. The van der Waals surface area contributed by atoms with Crippen molar-refractivity contribution in [1.82, 2.24) is 14.7 Å². The van der Waals surface area contributed by atoms with Crippen LogP contribution >= 0.6 is 0 Å². The first-order chi connectivity index (χ1) is 16.5. The largest absolute Gasteiger partial charge is 0.370 e. The first-order valence-corrected chi connectivity index (χ1v) is 13.0. The lowest BCUT2D eigenvalue weighted by atomic mass is 10.0. The molecule has 184 valence electrons. The minimum atomic E-state index is -3.59. The number of carbonyl (C=O) groups is 1. The maximum atomic E-state index is 14.1. The van der Waals surface area contributed by atoms with Crippen LogP contribution < -0.4 is 4.90 Å². The van der Waals surface area contributed by atoms with Gasteiger partial charge in [-0.3, -0.25) is 4.79 Å². The molecule has 0 unspecified atom stereocenters. The molecule has 2 aliphatic rings. The highest BCUT2D eigenvalue weighted by Crippen LogP contribution is 2.34. The number of fused-ring (bicyclic) bond motifs is 1. The lowest BCUT2D eigenvalue weighted by molar-refractivity contribution is -0.0220. The normalized spacial score (nSPS) is 17.5. The van der Waals surface area contributed by atoms with Crippen LogP contribution in [0.4, 0.5) is 18.9 Å². The van der Waals surface area contributed by atoms with Gasteiger partial charge >= 0.3 is 0 Å². The maximum Gasteiger partial charge on any atom is 0.256 e. The molecule has 5 rings (SSSR count). The minimum Gasteiger partial charge on any atom is -0.370 e. The van der Waals surface area contributed by atoms with E-state index in [2.05, 4.69) is 5.10 Å². The highest BCUT2D eigenvalue weighted by molar-refractivity contribution is 7.90. The molecule has 1 saturated heterocycles. The molecule has 0 saturated carbocycles. The topological polar surface area (TPSA) is 75.5 Å². The number of aromatic nitrogens is 2. The monoisotopic (exact) mass is 504 g/mol. The van der Waals surface area contributed by atoms with E-state index in [1.165, 1.54) is 33.8 Å². The number of benzene rings is 2. The molecule has 2 aliphatic heterocycles. The Morgan fingerprint density at radius 1 is 1.03 bits per heavy atom. The Bertz CT molecular complexity index is 1390. The van der Waals surface area contributed by atoms with Crippen LogP contribution in [-0.4, -0.2) is 54.3 Å². The van der Waals surface area contributed by atoms with E-state index in [1.54, 1.807) is 29.3 Å². The smallest absolute Gasteiger partial charge is 0.256 e. The molecule has 0 aliphatic carbocycles. The number of carbonyl (C=O) groups excluding carboxylic acids is 1. The predicted molar refractivity (Wildman–Crippen MR) is 123 cm³/mol. The average molecular weight is 505 g/mol. The molecule has 0 bridgehead atoms. The van der Waals surface area contributed by atoms with Gasteiger partial charge in [0.15, 0.2) is 9.84 Å². The summed E-state index contributed by atoms with van der Waals surface area (Å²) in [5.41, 5.74) is 2.23. The molecule has 1 fully saturated rings. The van der Waals surface area contributed by atoms with E-state index in [4.69, 9.17) is 0 Å². The third kappa shape index (κ3) is 4.52. The SMILES string of the molecule is CS(=O)(=O)c1ccc(N2CCC(F)(F)CC2)c(C(=O)N2Cc3cn(-c4ccccc4F)nc3C2)c1. The van der Waals surface area contributed by atoms with Crippen molar-refractivity contribution in [3.63, 3.8) is 0 Å². The summed E-state index contributed by atoms with van der Waals surface area (Å²) >= 11 is 0. The lowest BCUT2D eigenvalue weighted by Crippen LogP contribution is -2.40. The Morgan fingerprint density at radius 2 is 1.74 bits per heavy atom. The van der Waals surface area contributed by atoms with E-state index in [0.717, 1.165) is 11.8 Å². The number of nitrogens with zero attached hydrogens (tertiary/aromatic N) is 4. The van der Waals surface area contributed by atoms with Gasteiger partial charge in [-0.05, 0) is 30.3 Å². The number of amides is 1. The number of piperidine rings is 1. The summed E-state index contributed by atoms with van der Waals surface area (Å²) in [6.07, 6.45) is 2.04. The summed E-state index contributed by atoms with van der Waals surface area (Å²) < 4.78 is 67.3. The van der Waals surface area contributed by atoms with E-state index in [0.29, 0.717) is 17.1 Å². The van der Waals surface area contributed by atoms with Gasteiger partial charge in [-0.15, -0.1) is 0 Å². The number of rotatable bonds is 4. The third-order valence-corrected chi connectivity index (χ3v) is 7.54. The highest BCUT2D eigenvalue weighted by atomic mass is 32.2. The number of para-hydroxylation sites is 1. The van der Waals surface area contributed by atoms with Gasteiger partial charge in [-0.25, -0.2) is 26.3 Å². The van der Waals surface area contributed by atoms with Gasteiger partial charge in [0, 0.05) is 56.2 Å². The molecule has 11 heteroatoms. The van der Waals surface area contributed by atoms with Crippen LogP contribution in [-0.2, 0) is 22.9 Å². The van der Waals surface area contributed by atoms with Gasteiger partial charge in [-0.2, -0.15) is 5.10 Å². The average Bonchev–Trinajstić information content (AvgIpc) is 3.37. The zero-order valence-electron chi connectivity index (χ0n) is 18.9. The summed E-state index contributed by atoms with van der Waals surface area (Å²) in [6.45, 7) is 0.487. The fraction of sp³-hybridized carbons (Fsp3) is 0.333. The van der Waals surface area contributed by atoms with E-state index < -0.39 is 27.5 Å². The van der Waals surface area contributed by atoms with Crippen molar-refractivity contribution in [2.24, 2.45) is 0 Å². The summed E-state index contributed by atoms with van der Waals surface area (Å²) in [4.78, 5) is 16.8. The molecule has 0 N–H and O–H groups in total. The standard InChI is InChI=1S/C24H23F3N4O3S/c1-35(33,34)17-6-7-21(29-10-8-24(26,27)9-11-29)18(12-17)23(32)30-13-16-14-31(28-20(16)15-30)22-5-3-2-4-19(22)25/h2-7,12,14H,8-11,13,15H2,1H3. The first-order valence-electron chi connectivity index (χ1n) is 11.1. The van der Waals surface area contributed by atoms with Crippen LogP contribution in [0.5, 0.6) is 0 Å². The van der Waals surface area contributed by atoms with E-state index >= 15 is 0 Å². The minimum absolute atomic E-state index is 0.0198. The number of halogens is 3. The van der Waals surface area contributed by atoms with Crippen molar-refractivity contribution >= 4 is 21.4 Å². The van der Waals surface area contributed by atoms with Crippen molar-refractivity contribution in [1.29, 1.82) is 0 Å². The van der Waals surface area contributed by atoms with Crippen LogP contribution in [0, 0.1) is 5.82 Å². The highest BCUT2D eigenvalue weighted by Gasteiger charge is 2.36. The Morgan fingerprint density at radius 3 is 2.40 bits per heavy atom. The maximum absolute atomic E-state index is 14.1. The van der Waals surface area contributed by atoms with Gasteiger partial charge in [-0.1, -0.05) is 12.1 Å². The van der Waals surface area contributed by atoms with Gasteiger partial charge in [0.05, 0.1) is 22.7 Å². The van der Waals surface area contributed by atoms with Gasteiger partial charge in [0.1, 0.15) is 11.5 Å². The number of hydrogen-bond acceptors (Lipinski definition) is 5.